The van der Waals surface area contributed by atoms with Crippen molar-refractivity contribution in [3.63, 3.8) is 0 Å². The van der Waals surface area contributed by atoms with E-state index < -0.39 is 0 Å². The monoisotopic (exact) mass is 171 g/mol. The van der Waals surface area contributed by atoms with Crippen molar-refractivity contribution in [2.24, 2.45) is 5.92 Å². The Kier molecular flexibility index (Phi) is 4.02. The number of piperidine rings is 1. The Bertz CT molecular complexity index is 127. The van der Waals surface area contributed by atoms with E-state index in [9.17, 15) is 5.11 Å². The Morgan fingerprint density at radius 3 is 2.92 bits per heavy atom. The second-order valence-electron chi connectivity index (χ2n) is 4.05. The Labute approximate surface area is 75.4 Å². The molecule has 1 rings (SSSR count). The Morgan fingerprint density at radius 1 is 1.58 bits per heavy atom. The van der Waals surface area contributed by atoms with Gasteiger partial charge in [-0.05, 0) is 31.7 Å². The lowest BCUT2D eigenvalue weighted by atomic mass is 9.90. The molecule has 1 aliphatic rings. The van der Waals surface area contributed by atoms with Gasteiger partial charge in [-0.15, -0.1) is 0 Å². The first-order valence-corrected chi connectivity index (χ1v) is 5.15. The van der Waals surface area contributed by atoms with Gasteiger partial charge in [-0.1, -0.05) is 20.3 Å². The van der Waals surface area contributed by atoms with Gasteiger partial charge >= 0.3 is 0 Å². The number of aliphatic hydroxyl groups excluding tert-OH is 1. The molecule has 1 fully saturated rings. The summed E-state index contributed by atoms with van der Waals surface area (Å²) in [4.78, 5) is 0. The summed E-state index contributed by atoms with van der Waals surface area (Å²) >= 11 is 0. The molecule has 1 saturated heterocycles. The molecule has 0 aromatic rings. The van der Waals surface area contributed by atoms with Crippen LogP contribution in [-0.2, 0) is 0 Å². The maximum absolute atomic E-state index is 9.73. The van der Waals surface area contributed by atoms with Crippen molar-refractivity contribution in [1.29, 1.82) is 0 Å². The van der Waals surface area contributed by atoms with Crippen LogP contribution >= 0.6 is 0 Å². The van der Waals surface area contributed by atoms with Crippen LogP contribution in [-0.4, -0.2) is 23.8 Å². The molecule has 2 unspecified atom stereocenters. The van der Waals surface area contributed by atoms with Crippen molar-refractivity contribution in [3.8, 4) is 0 Å². The molecule has 2 nitrogen and oxygen atoms in total. The predicted octanol–water partition coefficient (Wildman–Crippen LogP) is 1.54. The Morgan fingerprint density at radius 2 is 2.33 bits per heavy atom. The number of nitrogens with one attached hydrogen (secondary N) is 1. The molecule has 0 aromatic heterocycles. The third kappa shape index (κ3) is 2.76. The van der Waals surface area contributed by atoms with Crippen LogP contribution in [0.25, 0.3) is 0 Å². The summed E-state index contributed by atoms with van der Waals surface area (Å²) in [5.41, 5.74) is 0. The molecule has 0 radical (unpaired) electrons. The van der Waals surface area contributed by atoms with Crippen molar-refractivity contribution in [3.05, 3.63) is 0 Å². The van der Waals surface area contributed by atoms with E-state index in [1.54, 1.807) is 0 Å². The van der Waals surface area contributed by atoms with Crippen molar-refractivity contribution in [1.82, 2.24) is 5.32 Å². The molecular formula is C10H21NO. The minimum Gasteiger partial charge on any atom is -0.392 e. The van der Waals surface area contributed by atoms with Crippen LogP contribution in [0.4, 0.5) is 0 Å². The predicted molar refractivity (Wildman–Crippen MR) is 51.1 cm³/mol. The Hall–Kier alpha value is -0.0800. The smallest absolute Gasteiger partial charge is 0.0693 e. The van der Waals surface area contributed by atoms with Gasteiger partial charge in [-0.3, -0.25) is 0 Å². The first-order valence-electron chi connectivity index (χ1n) is 5.15. The number of hydrogen-bond donors (Lipinski definition) is 2. The minimum absolute atomic E-state index is 0.127. The average molecular weight is 171 g/mol. The molecule has 12 heavy (non-hydrogen) atoms. The van der Waals surface area contributed by atoms with Crippen LogP contribution in [0.1, 0.15) is 39.5 Å². The molecule has 0 bridgehead atoms. The minimum atomic E-state index is -0.127. The molecule has 2 N–H and O–H groups in total. The van der Waals surface area contributed by atoms with E-state index in [1.165, 1.54) is 6.42 Å². The second kappa shape index (κ2) is 4.83. The lowest BCUT2D eigenvalue weighted by molar-refractivity contribution is 0.0928. The molecule has 1 aliphatic heterocycles. The largest absolute Gasteiger partial charge is 0.392 e. The van der Waals surface area contributed by atoms with Gasteiger partial charge in [0.15, 0.2) is 0 Å². The zero-order chi connectivity index (χ0) is 8.97. The highest BCUT2D eigenvalue weighted by atomic mass is 16.3. The summed E-state index contributed by atoms with van der Waals surface area (Å²) in [5, 5.41) is 13.1. The highest BCUT2D eigenvalue weighted by Crippen LogP contribution is 2.18. The zero-order valence-corrected chi connectivity index (χ0v) is 8.21. The quantitative estimate of drug-likeness (QED) is 0.675. The van der Waals surface area contributed by atoms with Crippen LogP contribution < -0.4 is 5.32 Å². The standard InChI is InChI=1S/C10H21NO/c1-3-4-10(12)9-7-8(2)5-6-11-9/h8-12H,3-7H2,1-2H3/t8?,9?,10-/m0/s1. The summed E-state index contributed by atoms with van der Waals surface area (Å²) in [7, 11) is 0. The van der Waals surface area contributed by atoms with Crippen LogP contribution in [0.3, 0.4) is 0 Å². The second-order valence-corrected chi connectivity index (χ2v) is 4.05. The van der Waals surface area contributed by atoms with Crippen molar-refractivity contribution in [2.75, 3.05) is 6.54 Å². The van der Waals surface area contributed by atoms with Gasteiger partial charge in [0.05, 0.1) is 6.10 Å². The highest BCUT2D eigenvalue weighted by molar-refractivity contribution is 4.81. The van der Waals surface area contributed by atoms with E-state index in [1.807, 2.05) is 0 Å². The topological polar surface area (TPSA) is 32.3 Å². The fourth-order valence-corrected chi connectivity index (χ4v) is 1.94. The molecule has 1 heterocycles. The molecule has 0 aromatic carbocycles. The molecule has 72 valence electrons. The van der Waals surface area contributed by atoms with Crippen molar-refractivity contribution < 1.29 is 5.11 Å². The zero-order valence-electron chi connectivity index (χ0n) is 8.21. The van der Waals surface area contributed by atoms with Crippen molar-refractivity contribution in [2.45, 2.75) is 51.7 Å². The number of aliphatic hydroxyl groups is 1. The van der Waals surface area contributed by atoms with Crippen LogP contribution in [0, 0.1) is 5.92 Å². The average Bonchev–Trinajstić information content (AvgIpc) is 2.05. The lowest BCUT2D eigenvalue weighted by Crippen LogP contribution is -2.45. The van der Waals surface area contributed by atoms with Gasteiger partial charge in [0.1, 0.15) is 0 Å². The highest BCUT2D eigenvalue weighted by Gasteiger charge is 2.23. The number of hydrogen-bond acceptors (Lipinski definition) is 2. The molecule has 0 aliphatic carbocycles. The summed E-state index contributed by atoms with van der Waals surface area (Å²) < 4.78 is 0. The molecular weight excluding hydrogens is 150 g/mol. The van der Waals surface area contributed by atoms with Crippen molar-refractivity contribution >= 4 is 0 Å². The summed E-state index contributed by atoms with van der Waals surface area (Å²) in [5.74, 6) is 0.780. The summed E-state index contributed by atoms with van der Waals surface area (Å²) in [6, 6.07) is 0.355. The van der Waals surface area contributed by atoms with E-state index in [4.69, 9.17) is 0 Å². The maximum Gasteiger partial charge on any atom is 0.0693 e. The maximum atomic E-state index is 9.73. The lowest BCUT2D eigenvalue weighted by Gasteiger charge is -2.31. The van der Waals surface area contributed by atoms with E-state index >= 15 is 0 Å². The number of rotatable bonds is 3. The Balaban J connectivity index is 2.29. The van der Waals surface area contributed by atoms with Crippen LogP contribution in [0.5, 0.6) is 0 Å². The summed E-state index contributed by atoms with van der Waals surface area (Å²) in [6.07, 6.45) is 4.28. The van der Waals surface area contributed by atoms with Gasteiger partial charge in [0.25, 0.3) is 0 Å². The summed E-state index contributed by atoms with van der Waals surface area (Å²) in [6.45, 7) is 5.47. The molecule has 0 spiro atoms. The van der Waals surface area contributed by atoms with Crippen LogP contribution in [0.2, 0.25) is 0 Å². The first-order chi connectivity index (χ1) is 5.74. The third-order valence-corrected chi connectivity index (χ3v) is 2.75. The van der Waals surface area contributed by atoms with Crippen LogP contribution in [0.15, 0.2) is 0 Å². The molecule has 0 amide bonds. The fraction of sp³-hybridized carbons (Fsp3) is 1.00. The third-order valence-electron chi connectivity index (χ3n) is 2.75. The van der Waals surface area contributed by atoms with E-state index in [2.05, 4.69) is 19.2 Å². The van der Waals surface area contributed by atoms with Gasteiger partial charge in [0.2, 0.25) is 0 Å². The fourth-order valence-electron chi connectivity index (χ4n) is 1.94. The van der Waals surface area contributed by atoms with Gasteiger partial charge in [-0.25, -0.2) is 0 Å². The van der Waals surface area contributed by atoms with Gasteiger partial charge in [-0.2, -0.15) is 0 Å². The molecule has 0 saturated carbocycles. The van der Waals surface area contributed by atoms with E-state index in [0.717, 1.165) is 31.7 Å². The van der Waals surface area contributed by atoms with Gasteiger partial charge < -0.3 is 10.4 Å². The molecule has 3 atom stereocenters. The normalized spacial score (nSPS) is 33.2. The first kappa shape index (κ1) is 10.0. The van der Waals surface area contributed by atoms with E-state index in [-0.39, 0.29) is 6.10 Å². The molecule has 2 heteroatoms. The van der Waals surface area contributed by atoms with E-state index in [0.29, 0.717) is 6.04 Å². The SMILES string of the molecule is CCC[C@H](O)C1CC(C)CCN1. The van der Waals surface area contributed by atoms with Gasteiger partial charge in [0, 0.05) is 6.04 Å².